The van der Waals surface area contributed by atoms with Gasteiger partial charge in [0.15, 0.2) is 0 Å². The highest BCUT2D eigenvalue weighted by Crippen LogP contribution is 2.30. The minimum Gasteiger partial charge on any atom is -0.496 e. The van der Waals surface area contributed by atoms with Crippen molar-refractivity contribution in [2.45, 2.75) is 10.9 Å². The molecule has 8 heteroatoms. The van der Waals surface area contributed by atoms with E-state index in [1.165, 1.54) is 29.3 Å². The lowest BCUT2D eigenvalue weighted by molar-refractivity contribution is -0.111. The molecule has 4 aromatic rings. The smallest absolute Gasteiger partial charge is 0.248 e. The quantitative estimate of drug-likeness (QED) is 0.273. The number of nitrogens with zero attached hydrogens (tertiary/aromatic N) is 2. The van der Waals surface area contributed by atoms with Crippen molar-refractivity contribution >= 4 is 27.7 Å². The van der Waals surface area contributed by atoms with Crippen LogP contribution in [0.3, 0.4) is 0 Å². The van der Waals surface area contributed by atoms with E-state index in [0.717, 1.165) is 5.56 Å². The zero-order valence-corrected chi connectivity index (χ0v) is 23.7. The number of nitrogens with one attached hydrogen (secondary N) is 1. The lowest BCUT2D eigenvalue weighted by Gasteiger charge is -2.39. The minimum atomic E-state index is -3.67. The molecule has 0 aliphatic carbocycles. The lowest BCUT2D eigenvalue weighted by Crippen LogP contribution is -2.49. The Balaban J connectivity index is 1.22. The van der Waals surface area contributed by atoms with Gasteiger partial charge in [0.25, 0.3) is 0 Å². The average molecular weight is 568 g/mol. The van der Waals surface area contributed by atoms with Crippen LogP contribution in [-0.4, -0.2) is 56.8 Å². The Labute approximate surface area is 241 Å². The molecule has 1 amide bonds. The second-order valence-electron chi connectivity index (χ2n) is 9.75. The summed E-state index contributed by atoms with van der Waals surface area (Å²) in [4.78, 5) is 15.0. The molecule has 1 saturated heterocycles. The van der Waals surface area contributed by atoms with E-state index >= 15 is 0 Å². The van der Waals surface area contributed by atoms with Crippen molar-refractivity contribution in [2.24, 2.45) is 0 Å². The molecule has 4 aromatic carbocycles. The number of hydrogen-bond acceptors (Lipinski definition) is 5. The van der Waals surface area contributed by atoms with Crippen molar-refractivity contribution in [1.82, 2.24) is 9.21 Å². The maximum absolute atomic E-state index is 13.5. The minimum absolute atomic E-state index is 0.0576. The Hall–Kier alpha value is -4.24. The first-order chi connectivity index (χ1) is 20.0. The van der Waals surface area contributed by atoms with Gasteiger partial charge in [-0.25, -0.2) is 8.42 Å². The number of hydrogen-bond donors (Lipinski definition) is 1. The summed E-state index contributed by atoms with van der Waals surface area (Å²) in [7, 11) is -2.10. The number of anilines is 1. The van der Waals surface area contributed by atoms with Crippen LogP contribution in [0.2, 0.25) is 0 Å². The second-order valence-corrected chi connectivity index (χ2v) is 11.7. The molecule has 0 radical (unpaired) electrons. The Morgan fingerprint density at radius 3 is 1.93 bits per heavy atom. The molecule has 1 fully saturated rings. The Morgan fingerprint density at radius 1 is 0.780 bits per heavy atom. The van der Waals surface area contributed by atoms with Crippen LogP contribution in [0.4, 0.5) is 5.69 Å². The van der Waals surface area contributed by atoms with Crippen molar-refractivity contribution in [2.75, 3.05) is 38.6 Å². The van der Waals surface area contributed by atoms with Crippen LogP contribution in [0.15, 0.2) is 120 Å². The topological polar surface area (TPSA) is 78.9 Å². The highest BCUT2D eigenvalue weighted by Gasteiger charge is 2.32. The van der Waals surface area contributed by atoms with E-state index in [4.69, 9.17) is 4.74 Å². The largest absolute Gasteiger partial charge is 0.496 e. The third-order valence-electron chi connectivity index (χ3n) is 7.18. The standard InChI is InChI=1S/C33H33N3O4S/c1-40-31-15-9-8-10-26(31)16-21-32(37)34-29-17-19-30(20-18-29)41(38,39)36-24-22-35(23-25-36)33(27-11-4-2-5-12-27)28-13-6-3-7-14-28/h2-21,33H,22-25H2,1H3,(H,34,37)/b21-16+. The Kier molecular flexibility index (Phi) is 8.94. The third kappa shape index (κ3) is 6.74. The summed E-state index contributed by atoms with van der Waals surface area (Å²) < 4.78 is 33.8. The van der Waals surface area contributed by atoms with Gasteiger partial charge in [-0.2, -0.15) is 4.31 Å². The predicted octanol–water partition coefficient (Wildman–Crippen LogP) is 5.44. The zero-order chi connectivity index (χ0) is 28.7. The number of methoxy groups -OCH3 is 1. The van der Waals surface area contributed by atoms with Crippen molar-refractivity contribution < 1.29 is 17.9 Å². The van der Waals surface area contributed by atoms with Crippen LogP contribution in [0.1, 0.15) is 22.7 Å². The van der Waals surface area contributed by atoms with E-state index in [0.29, 0.717) is 37.6 Å². The molecule has 5 rings (SSSR count). The van der Waals surface area contributed by atoms with E-state index in [9.17, 15) is 13.2 Å². The van der Waals surface area contributed by atoms with Crippen LogP contribution in [0.5, 0.6) is 5.75 Å². The first-order valence-corrected chi connectivity index (χ1v) is 15.0. The van der Waals surface area contributed by atoms with Crippen molar-refractivity contribution in [3.8, 4) is 5.75 Å². The fourth-order valence-electron chi connectivity index (χ4n) is 5.10. The molecule has 1 N–H and O–H groups in total. The molecule has 41 heavy (non-hydrogen) atoms. The first kappa shape index (κ1) is 28.3. The van der Waals surface area contributed by atoms with Crippen molar-refractivity contribution in [1.29, 1.82) is 0 Å². The number of rotatable bonds is 9. The van der Waals surface area contributed by atoms with E-state index in [-0.39, 0.29) is 16.8 Å². The van der Waals surface area contributed by atoms with Gasteiger partial charge in [0.2, 0.25) is 15.9 Å². The van der Waals surface area contributed by atoms with Gasteiger partial charge in [0, 0.05) is 43.5 Å². The number of carbonyl (C=O) groups excluding carboxylic acids is 1. The molecule has 0 bridgehead atoms. The Morgan fingerprint density at radius 2 is 1.34 bits per heavy atom. The molecule has 7 nitrogen and oxygen atoms in total. The van der Waals surface area contributed by atoms with Gasteiger partial charge < -0.3 is 10.1 Å². The number of carbonyl (C=O) groups is 1. The maximum Gasteiger partial charge on any atom is 0.248 e. The van der Waals surface area contributed by atoms with E-state index in [1.54, 1.807) is 29.6 Å². The molecule has 0 atom stereocenters. The van der Waals surface area contributed by atoms with Crippen LogP contribution in [0.25, 0.3) is 6.08 Å². The third-order valence-corrected chi connectivity index (χ3v) is 9.09. The normalized spacial score (nSPS) is 14.8. The van der Waals surface area contributed by atoms with Crippen LogP contribution in [0, 0.1) is 0 Å². The summed E-state index contributed by atoms with van der Waals surface area (Å²) >= 11 is 0. The highest BCUT2D eigenvalue weighted by molar-refractivity contribution is 7.89. The summed E-state index contributed by atoms with van der Waals surface area (Å²) in [6.07, 6.45) is 3.09. The van der Waals surface area contributed by atoms with Gasteiger partial charge in [0.05, 0.1) is 18.0 Å². The average Bonchev–Trinajstić information content (AvgIpc) is 3.02. The molecule has 0 unspecified atom stereocenters. The molecular formula is C33H33N3O4S. The number of sulfonamides is 1. The van der Waals surface area contributed by atoms with E-state index in [1.807, 2.05) is 60.7 Å². The summed E-state index contributed by atoms with van der Waals surface area (Å²) in [5.74, 6) is 0.344. The second kappa shape index (κ2) is 13.0. The summed E-state index contributed by atoms with van der Waals surface area (Å²) in [6, 6.07) is 34.4. The van der Waals surface area contributed by atoms with Crippen molar-refractivity contribution in [3.05, 3.63) is 132 Å². The molecule has 1 aliphatic rings. The molecule has 1 heterocycles. The first-order valence-electron chi connectivity index (χ1n) is 13.5. The summed E-state index contributed by atoms with van der Waals surface area (Å²) in [5.41, 5.74) is 3.67. The van der Waals surface area contributed by atoms with E-state index in [2.05, 4.69) is 34.5 Å². The van der Waals surface area contributed by atoms with Crippen LogP contribution in [-0.2, 0) is 14.8 Å². The van der Waals surface area contributed by atoms with Gasteiger partial charge in [-0.1, -0.05) is 78.9 Å². The fraction of sp³-hybridized carbons (Fsp3) is 0.182. The number of piperazine rings is 1. The summed E-state index contributed by atoms with van der Waals surface area (Å²) in [6.45, 7) is 2.01. The monoisotopic (exact) mass is 567 g/mol. The van der Waals surface area contributed by atoms with Gasteiger partial charge >= 0.3 is 0 Å². The molecule has 0 spiro atoms. The van der Waals surface area contributed by atoms with Crippen molar-refractivity contribution in [3.63, 3.8) is 0 Å². The maximum atomic E-state index is 13.5. The SMILES string of the molecule is COc1ccccc1/C=C/C(=O)Nc1ccc(S(=O)(=O)N2CCN(C(c3ccccc3)c3ccccc3)CC2)cc1. The van der Waals surface area contributed by atoms with Gasteiger partial charge in [0.1, 0.15) is 5.75 Å². The molecule has 210 valence electrons. The predicted molar refractivity (Wildman–Crippen MR) is 162 cm³/mol. The van der Waals surface area contributed by atoms with Gasteiger partial charge in [-0.3, -0.25) is 9.69 Å². The molecule has 1 aliphatic heterocycles. The van der Waals surface area contributed by atoms with E-state index < -0.39 is 10.0 Å². The highest BCUT2D eigenvalue weighted by atomic mass is 32.2. The molecule has 0 saturated carbocycles. The van der Waals surface area contributed by atoms with Gasteiger partial charge in [-0.05, 0) is 47.5 Å². The lowest BCUT2D eigenvalue weighted by atomic mass is 9.96. The zero-order valence-electron chi connectivity index (χ0n) is 22.9. The number of benzene rings is 4. The number of ether oxygens (including phenoxy) is 1. The fourth-order valence-corrected chi connectivity index (χ4v) is 6.52. The number of para-hydroxylation sites is 1. The Bertz CT molecular complexity index is 1540. The molecular weight excluding hydrogens is 534 g/mol. The number of amides is 1. The van der Waals surface area contributed by atoms with Gasteiger partial charge in [-0.15, -0.1) is 0 Å². The summed E-state index contributed by atoms with van der Waals surface area (Å²) in [5, 5.41) is 2.78. The van der Waals surface area contributed by atoms with Crippen LogP contribution < -0.4 is 10.1 Å². The molecule has 0 aromatic heterocycles. The van der Waals surface area contributed by atoms with Crippen LogP contribution >= 0.6 is 0 Å².